The Hall–Kier alpha value is -3.94. The van der Waals surface area contributed by atoms with Crippen LogP contribution in [0.2, 0.25) is 0 Å². The minimum atomic E-state index is -4.02. The molecule has 0 bridgehead atoms. The van der Waals surface area contributed by atoms with Gasteiger partial charge in [0.25, 0.3) is 5.91 Å². The fraction of sp³-hybridized carbons (Fsp3) is 0.528. The summed E-state index contributed by atoms with van der Waals surface area (Å²) in [4.78, 5) is 47.0. The first-order valence-electron chi connectivity index (χ1n) is 16.9. The van der Waals surface area contributed by atoms with Gasteiger partial charge >= 0.3 is 10.2 Å². The molecule has 2 unspecified atom stereocenters. The highest BCUT2D eigenvalue weighted by molar-refractivity contribution is 7.87. The molecule has 2 aliphatic heterocycles. The van der Waals surface area contributed by atoms with Gasteiger partial charge in [-0.2, -0.15) is 12.7 Å². The highest BCUT2D eigenvalue weighted by atomic mass is 32.2. The average molecular weight is 693 g/mol. The molecule has 1 aliphatic carbocycles. The lowest BCUT2D eigenvalue weighted by Crippen LogP contribution is -2.48. The second-order valence-corrected chi connectivity index (χ2v) is 16.4. The van der Waals surface area contributed by atoms with Crippen LogP contribution in [0.25, 0.3) is 22.2 Å². The van der Waals surface area contributed by atoms with Crippen LogP contribution in [0.3, 0.4) is 0 Å². The van der Waals surface area contributed by atoms with E-state index in [-0.39, 0.29) is 48.8 Å². The SMILES string of the molecule is COc1ccc2c(c1)C1CN(C(=O)CN(C)C)CC1(C(=O)N(C)C)Cn1c-2c(C2CCCCC2)c2ccc(C(=O)NS(=O)(=O)N(C)C)cc21. The summed E-state index contributed by atoms with van der Waals surface area (Å²) in [6.07, 6.45) is 5.47. The van der Waals surface area contributed by atoms with Gasteiger partial charge in [0.05, 0.1) is 24.8 Å². The van der Waals surface area contributed by atoms with E-state index in [2.05, 4.69) is 15.4 Å². The molecule has 2 atom stereocenters. The molecule has 1 saturated heterocycles. The van der Waals surface area contributed by atoms with Gasteiger partial charge in [0.2, 0.25) is 11.8 Å². The van der Waals surface area contributed by atoms with Crippen molar-refractivity contribution in [3.05, 3.63) is 53.1 Å². The Morgan fingerprint density at radius 1 is 0.959 bits per heavy atom. The quantitative estimate of drug-likeness (QED) is 0.384. The maximum absolute atomic E-state index is 14.7. The van der Waals surface area contributed by atoms with Crippen molar-refractivity contribution >= 4 is 38.8 Å². The van der Waals surface area contributed by atoms with Crippen molar-refractivity contribution in [1.29, 1.82) is 0 Å². The normalized spacial score (nSPS) is 20.9. The Kier molecular flexibility index (Phi) is 9.31. The molecule has 0 radical (unpaired) electrons. The van der Waals surface area contributed by atoms with E-state index in [1.165, 1.54) is 26.1 Å². The van der Waals surface area contributed by atoms with E-state index < -0.39 is 21.5 Å². The molecule has 2 fully saturated rings. The monoisotopic (exact) mass is 692 g/mol. The molecule has 0 spiro atoms. The summed E-state index contributed by atoms with van der Waals surface area (Å²) in [7, 11) is 7.56. The Labute approximate surface area is 289 Å². The van der Waals surface area contributed by atoms with Crippen molar-refractivity contribution in [1.82, 2.24) is 28.3 Å². The molecule has 13 heteroatoms. The number of carbonyl (C=O) groups excluding carboxylic acids is 3. The van der Waals surface area contributed by atoms with Gasteiger partial charge in [-0.05, 0) is 74.3 Å². The van der Waals surface area contributed by atoms with Crippen molar-refractivity contribution in [2.75, 3.05) is 69.0 Å². The summed E-state index contributed by atoms with van der Waals surface area (Å²) in [5.74, 6) is -0.242. The zero-order chi connectivity index (χ0) is 35.4. The molecule has 3 amide bonds. The third-order valence-electron chi connectivity index (χ3n) is 10.6. The van der Waals surface area contributed by atoms with Crippen LogP contribution in [-0.4, -0.2) is 119 Å². The minimum Gasteiger partial charge on any atom is -0.497 e. The maximum Gasteiger partial charge on any atom is 0.303 e. The molecule has 1 N–H and O–H groups in total. The van der Waals surface area contributed by atoms with Crippen molar-refractivity contribution in [2.24, 2.45) is 5.41 Å². The van der Waals surface area contributed by atoms with Crippen LogP contribution in [0.15, 0.2) is 36.4 Å². The molecule has 49 heavy (non-hydrogen) atoms. The molecule has 2 aromatic carbocycles. The summed E-state index contributed by atoms with van der Waals surface area (Å²) >= 11 is 0. The molecular weight excluding hydrogens is 644 g/mol. The maximum atomic E-state index is 14.7. The number of ether oxygens (including phenoxy) is 1. The fourth-order valence-corrected chi connectivity index (χ4v) is 8.79. The lowest BCUT2D eigenvalue weighted by molar-refractivity contribution is -0.141. The van der Waals surface area contributed by atoms with Gasteiger partial charge < -0.3 is 24.0 Å². The topological polar surface area (TPSA) is 124 Å². The van der Waals surface area contributed by atoms with Crippen molar-refractivity contribution in [3.63, 3.8) is 0 Å². The molecule has 264 valence electrons. The standard InChI is InChI=1S/C36H48N6O6S/c1-38(2)20-31(43)41-19-29-28-18-25(48-7)14-16-26(28)33-32(23-11-9-8-10-12-23)27-15-13-24(34(44)37-49(46,47)40(5)6)17-30(27)42(33)22-36(29,21-41)35(45)39(3)4/h13-18,23,29H,8-12,19-22H2,1-7H3,(H,37,44). The van der Waals surface area contributed by atoms with Crippen LogP contribution < -0.4 is 9.46 Å². The van der Waals surface area contributed by atoms with Gasteiger partial charge in [-0.1, -0.05) is 25.3 Å². The molecule has 3 aromatic rings. The van der Waals surface area contributed by atoms with E-state index in [1.807, 2.05) is 42.1 Å². The summed E-state index contributed by atoms with van der Waals surface area (Å²) < 4.78 is 36.3. The number of aromatic nitrogens is 1. The Bertz CT molecular complexity index is 1910. The number of nitrogens with one attached hydrogen (secondary N) is 1. The van der Waals surface area contributed by atoms with Gasteiger partial charge in [0, 0.05) is 75.8 Å². The van der Waals surface area contributed by atoms with Crippen LogP contribution in [0, 0.1) is 5.41 Å². The predicted octanol–water partition coefficient (Wildman–Crippen LogP) is 3.48. The zero-order valence-corrected chi connectivity index (χ0v) is 30.4. The number of amides is 3. The van der Waals surface area contributed by atoms with Gasteiger partial charge in [-0.3, -0.25) is 14.4 Å². The zero-order valence-electron chi connectivity index (χ0n) is 29.6. The lowest BCUT2D eigenvalue weighted by Gasteiger charge is -2.35. The van der Waals surface area contributed by atoms with E-state index in [1.54, 1.807) is 38.2 Å². The number of fused-ring (bicyclic) bond motifs is 7. The molecule has 1 saturated carbocycles. The Morgan fingerprint density at radius 2 is 1.67 bits per heavy atom. The molecule has 3 heterocycles. The van der Waals surface area contributed by atoms with Crippen molar-refractivity contribution in [2.45, 2.75) is 50.5 Å². The van der Waals surface area contributed by atoms with E-state index >= 15 is 0 Å². The average Bonchev–Trinajstić information content (AvgIpc) is 3.57. The molecule has 12 nitrogen and oxygen atoms in total. The van der Waals surface area contributed by atoms with Crippen LogP contribution in [0.1, 0.15) is 65.4 Å². The largest absolute Gasteiger partial charge is 0.497 e. The fourth-order valence-electron chi connectivity index (χ4n) is 8.25. The lowest BCUT2D eigenvalue weighted by atomic mass is 9.72. The number of hydrogen-bond acceptors (Lipinski definition) is 7. The first-order chi connectivity index (χ1) is 23.2. The second-order valence-electron chi connectivity index (χ2n) is 14.5. The smallest absolute Gasteiger partial charge is 0.303 e. The summed E-state index contributed by atoms with van der Waals surface area (Å²) in [5, 5.41) is 0.986. The minimum absolute atomic E-state index is 0.0463. The number of benzene rings is 2. The predicted molar refractivity (Wildman–Crippen MR) is 189 cm³/mol. The highest BCUT2D eigenvalue weighted by Crippen LogP contribution is 2.55. The first-order valence-corrected chi connectivity index (χ1v) is 18.4. The molecule has 6 rings (SSSR count). The Morgan fingerprint density at radius 3 is 2.31 bits per heavy atom. The highest BCUT2D eigenvalue weighted by Gasteiger charge is 2.57. The number of nitrogens with zero attached hydrogens (tertiary/aromatic N) is 5. The third kappa shape index (κ3) is 6.10. The Balaban J connectivity index is 1.64. The number of likely N-dealkylation sites (N-methyl/N-ethyl adjacent to an activating group) is 1. The van der Waals surface area contributed by atoms with Gasteiger partial charge in [-0.15, -0.1) is 0 Å². The summed E-state index contributed by atoms with van der Waals surface area (Å²) in [5.41, 5.74) is 4.09. The number of methoxy groups -OCH3 is 1. The van der Waals surface area contributed by atoms with Gasteiger partial charge in [0.15, 0.2) is 0 Å². The van der Waals surface area contributed by atoms with Crippen LogP contribution >= 0.6 is 0 Å². The molecule has 3 aliphatic rings. The van der Waals surface area contributed by atoms with Crippen LogP contribution in [0.4, 0.5) is 0 Å². The van der Waals surface area contributed by atoms with Gasteiger partial charge in [-0.25, -0.2) is 4.72 Å². The van der Waals surface area contributed by atoms with Crippen molar-refractivity contribution in [3.8, 4) is 17.0 Å². The van der Waals surface area contributed by atoms with Crippen LogP contribution in [-0.2, 0) is 26.3 Å². The second kappa shape index (κ2) is 13.1. The van der Waals surface area contributed by atoms with Crippen molar-refractivity contribution < 1.29 is 27.5 Å². The summed E-state index contributed by atoms with van der Waals surface area (Å²) in [6, 6.07) is 11.4. The first kappa shape index (κ1) is 34.9. The number of carbonyl (C=O) groups is 3. The van der Waals surface area contributed by atoms with Gasteiger partial charge in [0.1, 0.15) is 5.75 Å². The number of rotatable bonds is 8. The summed E-state index contributed by atoms with van der Waals surface area (Å²) in [6.45, 7) is 1.11. The number of hydrogen-bond donors (Lipinski definition) is 1. The van der Waals surface area contributed by atoms with E-state index in [4.69, 9.17) is 4.74 Å². The molecule has 1 aromatic heterocycles. The number of likely N-dealkylation sites (tertiary alicyclic amines) is 1. The van der Waals surface area contributed by atoms with E-state index in [0.717, 1.165) is 57.7 Å². The third-order valence-corrected chi connectivity index (χ3v) is 12.0. The molecular formula is C36H48N6O6S. The van der Waals surface area contributed by atoms with E-state index in [0.29, 0.717) is 12.3 Å². The van der Waals surface area contributed by atoms with E-state index in [9.17, 15) is 22.8 Å². The van der Waals surface area contributed by atoms with Crippen LogP contribution in [0.5, 0.6) is 5.75 Å².